The van der Waals surface area contributed by atoms with E-state index in [2.05, 4.69) is 4.18 Å². The molecule has 1 saturated heterocycles. The van der Waals surface area contributed by atoms with E-state index in [-0.39, 0.29) is 12.2 Å². The summed E-state index contributed by atoms with van der Waals surface area (Å²) in [4.78, 5) is 0. The molecular formula is C19H17F3O4S. The molecule has 1 fully saturated rings. The van der Waals surface area contributed by atoms with Crippen LogP contribution in [-0.4, -0.2) is 13.9 Å². The smallest absolute Gasteiger partial charge is 0.381 e. The van der Waals surface area contributed by atoms with Gasteiger partial charge in [-0.15, -0.1) is 0 Å². The lowest BCUT2D eigenvalue weighted by molar-refractivity contribution is -0.0522. The van der Waals surface area contributed by atoms with Crippen LogP contribution in [-0.2, 0) is 19.0 Å². The molecule has 1 heterocycles. The molecule has 2 aromatic rings. The Bertz CT molecular complexity index is 922. The molecule has 4 nitrogen and oxygen atoms in total. The fourth-order valence-electron chi connectivity index (χ4n) is 2.97. The summed E-state index contributed by atoms with van der Waals surface area (Å²) in [6.45, 7) is 1.21. The Morgan fingerprint density at radius 2 is 1.52 bits per heavy atom. The van der Waals surface area contributed by atoms with Crippen molar-refractivity contribution in [1.82, 2.24) is 0 Å². The van der Waals surface area contributed by atoms with E-state index in [4.69, 9.17) is 4.74 Å². The summed E-state index contributed by atoms with van der Waals surface area (Å²) in [5, 5.41) is 0. The van der Waals surface area contributed by atoms with Crippen LogP contribution in [0.25, 0.3) is 0 Å². The molecule has 0 radical (unpaired) electrons. The highest BCUT2D eigenvalue weighted by atomic mass is 32.2. The summed E-state index contributed by atoms with van der Waals surface area (Å²) in [5.41, 5.74) is -3.57. The van der Waals surface area contributed by atoms with Crippen molar-refractivity contribution >= 4 is 10.1 Å². The number of ether oxygens (including phenoxy) is 1. The summed E-state index contributed by atoms with van der Waals surface area (Å²) in [6, 6.07) is 18.1. The largest absolute Gasteiger partial charge is 0.534 e. The average molecular weight is 398 g/mol. The Hall–Kier alpha value is -2.32. The number of allylic oxidation sites excluding steroid dienone is 1. The maximum Gasteiger partial charge on any atom is 0.534 e. The maximum absolute atomic E-state index is 12.7. The fraction of sp³-hybridized carbons (Fsp3) is 0.263. The summed E-state index contributed by atoms with van der Waals surface area (Å²) < 4.78 is 71.2. The zero-order chi connectivity index (χ0) is 19.7. The first-order valence-corrected chi connectivity index (χ1v) is 9.55. The topological polar surface area (TPSA) is 52.6 Å². The van der Waals surface area contributed by atoms with Gasteiger partial charge in [0.2, 0.25) is 0 Å². The van der Waals surface area contributed by atoms with Crippen LogP contribution in [0.5, 0.6) is 0 Å². The van der Waals surface area contributed by atoms with E-state index >= 15 is 0 Å². The quantitative estimate of drug-likeness (QED) is 0.412. The van der Waals surface area contributed by atoms with Gasteiger partial charge in [0.15, 0.2) is 0 Å². The van der Waals surface area contributed by atoms with Gasteiger partial charge in [0, 0.05) is 12.0 Å². The van der Waals surface area contributed by atoms with Crippen molar-refractivity contribution in [3.8, 4) is 0 Å². The normalized spacial score (nSPS) is 22.5. The maximum atomic E-state index is 12.7. The number of halogens is 3. The van der Waals surface area contributed by atoms with E-state index in [9.17, 15) is 21.6 Å². The molecule has 0 aliphatic carbocycles. The van der Waals surface area contributed by atoms with Crippen molar-refractivity contribution in [1.29, 1.82) is 0 Å². The number of rotatable bonds is 4. The minimum Gasteiger partial charge on any atom is -0.381 e. The lowest BCUT2D eigenvalue weighted by Crippen LogP contribution is -2.25. The van der Waals surface area contributed by atoms with E-state index in [1.165, 1.54) is 6.92 Å². The van der Waals surface area contributed by atoms with Crippen LogP contribution in [0, 0.1) is 0 Å². The molecule has 2 unspecified atom stereocenters. The van der Waals surface area contributed by atoms with E-state index in [1.807, 2.05) is 30.3 Å². The summed E-state index contributed by atoms with van der Waals surface area (Å²) in [5.74, 6) is -0.320. The third kappa shape index (κ3) is 4.17. The first-order chi connectivity index (χ1) is 12.7. The molecule has 0 spiro atoms. The van der Waals surface area contributed by atoms with Gasteiger partial charge in [0.1, 0.15) is 11.9 Å². The van der Waals surface area contributed by atoms with Crippen molar-refractivity contribution < 1.29 is 30.5 Å². The molecule has 8 heteroatoms. The highest BCUT2D eigenvalue weighted by molar-refractivity contribution is 7.87. The van der Waals surface area contributed by atoms with Gasteiger partial charge >= 0.3 is 15.6 Å². The second-order valence-electron chi connectivity index (χ2n) is 6.09. The SMILES string of the molecule is C/C(OS(=O)(=O)C(F)(F)F)=C1\CC(c2ccccc2)OC1c1ccccc1. The van der Waals surface area contributed by atoms with Gasteiger partial charge in [-0.3, -0.25) is 0 Å². The third-order valence-electron chi connectivity index (χ3n) is 4.27. The van der Waals surface area contributed by atoms with Crippen molar-refractivity contribution in [3.63, 3.8) is 0 Å². The second kappa shape index (κ2) is 7.36. The molecule has 0 amide bonds. The van der Waals surface area contributed by atoms with Crippen LogP contribution >= 0.6 is 0 Å². The molecule has 27 heavy (non-hydrogen) atoms. The summed E-state index contributed by atoms with van der Waals surface area (Å²) >= 11 is 0. The van der Waals surface area contributed by atoms with Crippen molar-refractivity contribution in [2.45, 2.75) is 31.1 Å². The Morgan fingerprint density at radius 3 is 2.04 bits per heavy atom. The monoisotopic (exact) mass is 398 g/mol. The zero-order valence-electron chi connectivity index (χ0n) is 14.3. The molecule has 0 bridgehead atoms. The first kappa shape index (κ1) is 19.4. The predicted molar refractivity (Wildman–Crippen MR) is 92.8 cm³/mol. The van der Waals surface area contributed by atoms with Crippen molar-refractivity contribution in [3.05, 3.63) is 83.1 Å². The number of hydrogen-bond donors (Lipinski definition) is 0. The standard InChI is InChI=1S/C19H17F3O4S/c1-13(26-27(23,24)19(20,21)22)16-12-17(14-8-4-2-5-9-14)25-18(16)15-10-6-3-7-11-15/h2-11,17-18H,12H2,1H3/b16-13-. The van der Waals surface area contributed by atoms with Gasteiger partial charge < -0.3 is 8.92 Å². The molecule has 2 aromatic carbocycles. The van der Waals surface area contributed by atoms with E-state index in [0.717, 1.165) is 5.56 Å². The molecule has 1 aliphatic rings. The molecule has 0 aromatic heterocycles. The Kier molecular flexibility index (Phi) is 5.30. The van der Waals surface area contributed by atoms with Crippen LogP contribution < -0.4 is 0 Å². The van der Waals surface area contributed by atoms with E-state index in [0.29, 0.717) is 11.1 Å². The second-order valence-corrected chi connectivity index (χ2v) is 7.63. The molecule has 3 rings (SSSR count). The number of benzene rings is 2. The van der Waals surface area contributed by atoms with Crippen LogP contribution in [0.15, 0.2) is 72.0 Å². The summed E-state index contributed by atoms with van der Waals surface area (Å²) in [6.07, 6.45) is -0.888. The van der Waals surface area contributed by atoms with Gasteiger partial charge in [-0.25, -0.2) is 0 Å². The minimum absolute atomic E-state index is 0.225. The predicted octanol–water partition coefficient (Wildman–Crippen LogP) is 5.03. The lowest BCUT2D eigenvalue weighted by atomic mass is 9.97. The van der Waals surface area contributed by atoms with Crippen LogP contribution in [0.1, 0.15) is 36.7 Å². The first-order valence-electron chi connectivity index (χ1n) is 8.15. The zero-order valence-corrected chi connectivity index (χ0v) is 15.1. The van der Waals surface area contributed by atoms with Crippen LogP contribution in [0.4, 0.5) is 13.2 Å². The molecule has 0 saturated carbocycles. The molecule has 1 aliphatic heterocycles. The minimum atomic E-state index is -5.74. The third-order valence-corrected chi connectivity index (χ3v) is 5.30. The van der Waals surface area contributed by atoms with Crippen LogP contribution in [0.2, 0.25) is 0 Å². The fourth-order valence-corrected chi connectivity index (χ4v) is 3.50. The van der Waals surface area contributed by atoms with Crippen molar-refractivity contribution in [2.24, 2.45) is 0 Å². The highest BCUT2D eigenvalue weighted by Crippen LogP contribution is 2.46. The highest BCUT2D eigenvalue weighted by Gasteiger charge is 2.49. The average Bonchev–Trinajstić information content (AvgIpc) is 3.07. The molecular weight excluding hydrogens is 381 g/mol. The van der Waals surface area contributed by atoms with E-state index < -0.39 is 27.8 Å². The van der Waals surface area contributed by atoms with Gasteiger partial charge in [0.25, 0.3) is 0 Å². The van der Waals surface area contributed by atoms with Gasteiger partial charge in [-0.05, 0) is 18.1 Å². The Morgan fingerprint density at radius 1 is 1.00 bits per heavy atom. The molecule has 0 N–H and O–H groups in total. The number of hydrogen-bond acceptors (Lipinski definition) is 4. The van der Waals surface area contributed by atoms with Gasteiger partial charge in [-0.2, -0.15) is 21.6 Å². The van der Waals surface area contributed by atoms with Gasteiger partial charge in [-0.1, -0.05) is 60.7 Å². The molecule has 2 atom stereocenters. The van der Waals surface area contributed by atoms with Crippen LogP contribution in [0.3, 0.4) is 0 Å². The Balaban J connectivity index is 1.99. The molecule has 144 valence electrons. The summed E-state index contributed by atoms with van der Waals surface area (Å²) in [7, 11) is -5.74. The van der Waals surface area contributed by atoms with E-state index in [1.54, 1.807) is 30.3 Å². The number of alkyl halides is 3. The van der Waals surface area contributed by atoms with Crippen molar-refractivity contribution in [2.75, 3.05) is 0 Å². The Labute approximate surface area is 155 Å². The van der Waals surface area contributed by atoms with Gasteiger partial charge in [0.05, 0.1) is 6.10 Å². The lowest BCUT2D eigenvalue weighted by Gasteiger charge is -2.16.